The molecule has 2 aromatic carbocycles. The molecule has 0 N–H and O–H groups in total. The SMILES string of the molecule is O=C1CSc2nnc(COc3ccc4c(c3)CCC4)n2N1C/C=C/c1ccccc1. The minimum atomic E-state index is 0.0313. The summed E-state index contributed by atoms with van der Waals surface area (Å²) in [5, 5.41) is 10.9. The van der Waals surface area contributed by atoms with E-state index in [9.17, 15) is 4.79 Å². The van der Waals surface area contributed by atoms with Crippen molar-refractivity contribution >= 4 is 23.7 Å². The molecule has 30 heavy (non-hydrogen) atoms. The summed E-state index contributed by atoms with van der Waals surface area (Å²) in [5.74, 6) is 1.85. The lowest BCUT2D eigenvalue weighted by Gasteiger charge is -2.28. The number of aromatic nitrogens is 3. The van der Waals surface area contributed by atoms with Crippen LogP contribution in [0.2, 0.25) is 0 Å². The molecule has 0 spiro atoms. The molecule has 2 heterocycles. The molecular formula is C23H22N4O2S. The first-order valence-corrected chi connectivity index (χ1v) is 11.1. The van der Waals surface area contributed by atoms with Crippen LogP contribution < -0.4 is 9.75 Å². The lowest BCUT2D eigenvalue weighted by Crippen LogP contribution is -2.45. The number of thioether (sulfide) groups is 1. The summed E-state index contributed by atoms with van der Waals surface area (Å²) in [6, 6.07) is 16.3. The van der Waals surface area contributed by atoms with E-state index in [1.54, 1.807) is 9.69 Å². The van der Waals surface area contributed by atoms with Gasteiger partial charge in [0.25, 0.3) is 5.91 Å². The smallest absolute Gasteiger partial charge is 0.252 e. The van der Waals surface area contributed by atoms with Crippen molar-refractivity contribution in [3.8, 4) is 5.75 Å². The third kappa shape index (κ3) is 3.85. The Balaban J connectivity index is 1.32. The predicted octanol–water partition coefficient (Wildman–Crippen LogP) is 3.63. The Morgan fingerprint density at radius 3 is 2.83 bits per heavy atom. The number of carbonyl (C=O) groups is 1. The van der Waals surface area contributed by atoms with E-state index < -0.39 is 0 Å². The monoisotopic (exact) mass is 418 g/mol. The number of hydrogen-bond acceptors (Lipinski definition) is 5. The molecule has 3 aromatic rings. The van der Waals surface area contributed by atoms with E-state index in [0.29, 0.717) is 18.1 Å². The maximum atomic E-state index is 12.6. The standard InChI is InChI=1S/C23H22N4O2S/c28-22-16-30-23-25-24-21(15-29-20-12-11-18-9-4-10-19(18)14-20)27(23)26(22)13-5-8-17-6-2-1-3-7-17/h1-3,5-8,11-12,14H,4,9-10,13,15-16H2/b8-5+. The molecule has 0 bridgehead atoms. The molecule has 7 heteroatoms. The highest BCUT2D eigenvalue weighted by Crippen LogP contribution is 2.27. The van der Waals surface area contributed by atoms with Gasteiger partial charge in [0.15, 0.2) is 5.82 Å². The molecule has 1 aliphatic carbocycles. The number of hydrogen-bond donors (Lipinski definition) is 0. The van der Waals surface area contributed by atoms with Gasteiger partial charge < -0.3 is 4.74 Å². The third-order valence-corrected chi connectivity index (χ3v) is 6.26. The molecule has 0 atom stereocenters. The highest BCUT2D eigenvalue weighted by molar-refractivity contribution is 7.99. The van der Waals surface area contributed by atoms with Crippen molar-refractivity contribution in [3.05, 3.63) is 77.1 Å². The van der Waals surface area contributed by atoms with Crippen molar-refractivity contribution in [1.29, 1.82) is 0 Å². The lowest BCUT2D eigenvalue weighted by molar-refractivity contribution is -0.117. The first kappa shape index (κ1) is 18.9. The molecule has 6 nitrogen and oxygen atoms in total. The molecule has 5 rings (SSSR count). The second-order valence-electron chi connectivity index (χ2n) is 7.36. The summed E-state index contributed by atoms with van der Waals surface area (Å²) in [6.07, 6.45) is 7.47. The average Bonchev–Trinajstić information content (AvgIpc) is 3.41. The van der Waals surface area contributed by atoms with E-state index in [0.717, 1.165) is 29.3 Å². The molecule has 152 valence electrons. The van der Waals surface area contributed by atoms with E-state index in [2.05, 4.69) is 22.3 Å². The van der Waals surface area contributed by atoms with Gasteiger partial charge in [-0.15, -0.1) is 10.2 Å². The zero-order chi connectivity index (χ0) is 20.3. The van der Waals surface area contributed by atoms with Gasteiger partial charge in [-0.2, -0.15) is 0 Å². The molecule has 1 amide bonds. The molecule has 1 aliphatic heterocycles. The largest absolute Gasteiger partial charge is 0.486 e. The molecule has 0 fully saturated rings. The fraction of sp³-hybridized carbons (Fsp3) is 0.261. The third-order valence-electron chi connectivity index (χ3n) is 5.36. The van der Waals surface area contributed by atoms with E-state index in [1.165, 1.54) is 29.3 Å². The van der Waals surface area contributed by atoms with Gasteiger partial charge in [0.2, 0.25) is 5.16 Å². The van der Waals surface area contributed by atoms with Gasteiger partial charge in [-0.25, -0.2) is 9.69 Å². The number of carbonyl (C=O) groups excluding carboxylic acids is 1. The predicted molar refractivity (Wildman–Crippen MR) is 117 cm³/mol. The van der Waals surface area contributed by atoms with Crippen molar-refractivity contribution < 1.29 is 9.53 Å². The van der Waals surface area contributed by atoms with Gasteiger partial charge in [0.05, 0.1) is 12.3 Å². The van der Waals surface area contributed by atoms with E-state index in [-0.39, 0.29) is 12.5 Å². The zero-order valence-electron chi connectivity index (χ0n) is 16.5. The van der Waals surface area contributed by atoms with Gasteiger partial charge in [0.1, 0.15) is 12.4 Å². The van der Waals surface area contributed by atoms with Crippen LogP contribution in [0.1, 0.15) is 28.9 Å². The van der Waals surface area contributed by atoms with Crippen LogP contribution in [0.15, 0.2) is 59.8 Å². The first-order valence-electron chi connectivity index (χ1n) is 10.1. The van der Waals surface area contributed by atoms with E-state index in [4.69, 9.17) is 4.74 Å². The summed E-state index contributed by atoms with van der Waals surface area (Å²) < 4.78 is 7.80. The van der Waals surface area contributed by atoms with Gasteiger partial charge in [-0.1, -0.05) is 60.3 Å². The van der Waals surface area contributed by atoms with Gasteiger partial charge in [-0.05, 0) is 48.1 Å². The summed E-state index contributed by atoms with van der Waals surface area (Å²) in [6.45, 7) is 0.712. The highest BCUT2D eigenvalue weighted by Gasteiger charge is 2.28. The Hall–Kier alpha value is -3.06. The second kappa shape index (κ2) is 8.36. The Bertz CT molecular complexity index is 1090. The average molecular weight is 419 g/mol. The van der Waals surface area contributed by atoms with Crippen LogP contribution in [-0.2, 0) is 24.2 Å². The van der Waals surface area contributed by atoms with Gasteiger partial charge >= 0.3 is 0 Å². The number of aryl methyl sites for hydroxylation is 2. The van der Waals surface area contributed by atoms with Crippen LogP contribution in [0.5, 0.6) is 5.75 Å². The van der Waals surface area contributed by atoms with Crippen LogP contribution in [0.4, 0.5) is 0 Å². The number of benzene rings is 2. The maximum Gasteiger partial charge on any atom is 0.252 e. The van der Waals surface area contributed by atoms with Gasteiger partial charge in [-0.3, -0.25) is 4.79 Å². The lowest BCUT2D eigenvalue weighted by atomic mass is 10.1. The van der Waals surface area contributed by atoms with Crippen LogP contribution in [-0.4, -0.2) is 33.1 Å². The minimum absolute atomic E-state index is 0.0313. The van der Waals surface area contributed by atoms with Crippen LogP contribution in [0.25, 0.3) is 6.08 Å². The number of amides is 1. The summed E-state index contributed by atoms with van der Waals surface area (Å²) in [4.78, 5) is 12.6. The minimum Gasteiger partial charge on any atom is -0.486 e. The van der Waals surface area contributed by atoms with Crippen LogP contribution in [0, 0.1) is 0 Å². The fourth-order valence-corrected chi connectivity index (χ4v) is 4.68. The van der Waals surface area contributed by atoms with Crippen LogP contribution in [0.3, 0.4) is 0 Å². The van der Waals surface area contributed by atoms with Gasteiger partial charge in [0, 0.05) is 0 Å². The number of fused-ring (bicyclic) bond motifs is 2. The molecule has 0 radical (unpaired) electrons. The van der Waals surface area contributed by atoms with Crippen molar-refractivity contribution in [2.45, 2.75) is 31.0 Å². The summed E-state index contributed by atoms with van der Waals surface area (Å²) in [7, 11) is 0. The Labute approximate surface area is 179 Å². The molecule has 2 aliphatic rings. The maximum absolute atomic E-state index is 12.6. The summed E-state index contributed by atoms with van der Waals surface area (Å²) in [5.41, 5.74) is 3.88. The van der Waals surface area contributed by atoms with Crippen LogP contribution >= 0.6 is 11.8 Å². The quantitative estimate of drug-likeness (QED) is 0.612. The molecule has 0 saturated carbocycles. The fourth-order valence-electron chi connectivity index (χ4n) is 3.85. The van der Waals surface area contributed by atoms with Crippen molar-refractivity contribution in [2.24, 2.45) is 0 Å². The van der Waals surface area contributed by atoms with E-state index >= 15 is 0 Å². The summed E-state index contributed by atoms with van der Waals surface area (Å²) >= 11 is 1.41. The Kier molecular flexibility index (Phi) is 5.27. The zero-order valence-corrected chi connectivity index (χ0v) is 17.3. The normalized spacial score (nSPS) is 15.5. The molecule has 0 saturated heterocycles. The molecular weight excluding hydrogens is 396 g/mol. The topological polar surface area (TPSA) is 60.2 Å². The Morgan fingerprint density at radius 2 is 1.93 bits per heavy atom. The first-order chi connectivity index (χ1) is 14.8. The van der Waals surface area contributed by atoms with Crippen molar-refractivity contribution in [1.82, 2.24) is 14.9 Å². The molecule has 1 aromatic heterocycles. The second-order valence-corrected chi connectivity index (χ2v) is 8.30. The van der Waals surface area contributed by atoms with Crippen molar-refractivity contribution in [2.75, 3.05) is 17.3 Å². The molecule has 0 unspecified atom stereocenters. The number of nitrogens with zero attached hydrogens (tertiary/aromatic N) is 4. The van der Waals surface area contributed by atoms with E-state index in [1.807, 2.05) is 48.6 Å². The highest BCUT2D eigenvalue weighted by atomic mass is 32.2. The number of rotatable bonds is 6. The Morgan fingerprint density at radius 1 is 1.07 bits per heavy atom. The number of ether oxygens (including phenoxy) is 1. The van der Waals surface area contributed by atoms with Crippen molar-refractivity contribution in [3.63, 3.8) is 0 Å².